The van der Waals surface area contributed by atoms with E-state index in [0.717, 1.165) is 16.8 Å². The zero-order chi connectivity index (χ0) is 18.5. The lowest BCUT2D eigenvalue weighted by Gasteiger charge is -2.06. The smallest absolute Gasteiger partial charge is 0.112 e. The lowest BCUT2D eigenvalue weighted by Crippen LogP contribution is -1.87. The monoisotopic (exact) mass is 349 g/mol. The number of rotatable bonds is 5. The molecule has 0 aliphatic rings. The van der Waals surface area contributed by atoms with Gasteiger partial charge in [0.05, 0.1) is 0 Å². The summed E-state index contributed by atoms with van der Waals surface area (Å²) in [4.78, 5) is 0. The molecule has 0 bridgehead atoms. The van der Waals surface area contributed by atoms with E-state index in [4.69, 9.17) is 0 Å². The van der Waals surface area contributed by atoms with Crippen molar-refractivity contribution in [1.82, 2.24) is 15.4 Å². The van der Waals surface area contributed by atoms with E-state index in [-0.39, 0.29) is 0 Å². The van der Waals surface area contributed by atoms with Gasteiger partial charge in [0.15, 0.2) is 0 Å². The van der Waals surface area contributed by atoms with Crippen LogP contribution in [0.1, 0.15) is 22.4 Å². The maximum absolute atomic E-state index is 4.10. The minimum atomic E-state index is 0.761. The van der Waals surface area contributed by atoms with E-state index in [1.165, 1.54) is 22.3 Å². The van der Waals surface area contributed by atoms with E-state index in [0.29, 0.717) is 0 Å². The van der Waals surface area contributed by atoms with E-state index >= 15 is 0 Å². The third-order valence-electron chi connectivity index (χ3n) is 4.47. The van der Waals surface area contributed by atoms with Crippen molar-refractivity contribution in [3.05, 3.63) is 114 Å². The van der Waals surface area contributed by atoms with Gasteiger partial charge in [-0.05, 0) is 27.8 Å². The van der Waals surface area contributed by atoms with E-state index in [9.17, 15) is 0 Å². The summed E-state index contributed by atoms with van der Waals surface area (Å²) in [6.45, 7) is 4.10. The van der Waals surface area contributed by atoms with Gasteiger partial charge in [-0.3, -0.25) is 5.10 Å². The van der Waals surface area contributed by atoms with Gasteiger partial charge < -0.3 is 0 Å². The Morgan fingerprint density at radius 1 is 0.741 bits per heavy atom. The fourth-order valence-corrected chi connectivity index (χ4v) is 2.90. The molecule has 0 unspecified atom stereocenters. The summed E-state index contributed by atoms with van der Waals surface area (Å²) in [6.07, 6.45) is 6.00. The topological polar surface area (TPSA) is 41.6 Å². The second-order valence-corrected chi connectivity index (χ2v) is 6.28. The third-order valence-corrected chi connectivity index (χ3v) is 4.47. The average Bonchev–Trinajstić information content (AvgIpc) is 3.28. The average molecular weight is 349 g/mol. The summed E-state index contributed by atoms with van der Waals surface area (Å²) in [6, 6.07) is 27.2. The number of hydrogen-bond donors (Lipinski definition) is 1. The maximum atomic E-state index is 4.10. The summed E-state index contributed by atoms with van der Waals surface area (Å²) in [7, 11) is 0. The number of benzene rings is 3. The molecule has 0 radical (unpaired) electrons. The number of nitrogens with one attached hydrogen (secondary N) is 1. The molecule has 4 aromatic rings. The molecule has 1 N–H and O–H groups in total. The SMILES string of the molecule is C=C(c1ccc(-c2ccc(/C=C/c3ccccc3)cc2)cc1)c1c[nH]nn1. The largest absolute Gasteiger partial charge is 0.265 e. The van der Waals surface area contributed by atoms with Gasteiger partial charge in [-0.1, -0.05) is 103 Å². The van der Waals surface area contributed by atoms with Crippen molar-refractivity contribution in [2.24, 2.45) is 0 Å². The molecule has 0 saturated carbocycles. The van der Waals surface area contributed by atoms with Crippen LogP contribution in [0.25, 0.3) is 28.9 Å². The molecule has 0 aliphatic carbocycles. The molecular formula is C24H19N3. The molecular weight excluding hydrogens is 330 g/mol. The molecule has 3 heteroatoms. The molecule has 130 valence electrons. The maximum Gasteiger partial charge on any atom is 0.112 e. The van der Waals surface area contributed by atoms with Gasteiger partial charge in [0.2, 0.25) is 0 Å². The number of hydrogen-bond acceptors (Lipinski definition) is 2. The second kappa shape index (κ2) is 7.67. The number of nitrogens with zero attached hydrogens (tertiary/aromatic N) is 2. The molecule has 0 spiro atoms. The van der Waals surface area contributed by atoms with Crippen molar-refractivity contribution >= 4 is 17.7 Å². The van der Waals surface area contributed by atoms with Crippen molar-refractivity contribution in [2.75, 3.05) is 0 Å². The zero-order valence-electron chi connectivity index (χ0n) is 14.8. The van der Waals surface area contributed by atoms with Crippen LogP contribution in [0.5, 0.6) is 0 Å². The highest BCUT2D eigenvalue weighted by molar-refractivity contribution is 5.77. The predicted octanol–water partition coefficient (Wildman–Crippen LogP) is 5.70. The van der Waals surface area contributed by atoms with E-state index in [1.807, 2.05) is 18.2 Å². The molecule has 1 aromatic heterocycles. The van der Waals surface area contributed by atoms with Crippen LogP contribution >= 0.6 is 0 Å². The van der Waals surface area contributed by atoms with Crippen molar-refractivity contribution < 1.29 is 0 Å². The fourth-order valence-electron chi connectivity index (χ4n) is 2.90. The van der Waals surface area contributed by atoms with Gasteiger partial charge in [-0.2, -0.15) is 0 Å². The summed E-state index contributed by atoms with van der Waals surface area (Å²) in [5.74, 6) is 0. The molecule has 27 heavy (non-hydrogen) atoms. The quantitative estimate of drug-likeness (QED) is 0.469. The van der Waals surface area contributed by atoms with E-state index in [2.05, 4.69) is 94.8 Å². The zero-order valence-corrected chi connectivity index (χ0v) is 14.8. The summed E-state index contributed by atoms with van der Waals surface area (Å²) < 4.78 is 0. The third kappa shape index (κ3) is 3.93. The molecule has 1 heterocycles. The Kier molecular flexibility index (Phi) is 4.75. The first-order valence-electron chi connectivity index (χ1n) is 8.79. The highest BCUT2D eigenvalue weighted by atomic mass is 15.3. The van der Waals surface area contributed by atoms with Gasteiger partial charge >= 0.3 is 0 Å². The normalized spacial score (nSPS) is 11.0. The van der Waals surface area contributed by atoms with Gasteiger partial charge in [-0.15, -0.1) is 5.10 Å². The Morgan fingerprint density at radius 2 is 1.33 bits per heavy atom. The molecule has 0 amide bonds. The predicted molar refractivity (Wildman–Crippen MR) is 112 cm³/mol. The highest BCUT2D eigenvalue weighted by Gasteiger charge is 2.05. The first kappa shape index (κ1) is 16.7. The Balaban J connectivity index is 1.49. The van der Waals surface area contributed by atoms with Crippen LogP contribution in [0.3, 0.4) is 0 Å². The second-order valence-electron chi connectivity index (χ2n) is 6.28. The van der Waals surface area contributed by atoms with Crippen molar-refractivity contribution in [1.29, 1.82) is 0 Å². The van der Waals surface area contributed by atoms with Crippen molar-refractivity contribution in [3.63, 3.8) is 0 Å². The van der Waals surface area contributed by atoms with Crippen LogP contribution in [0.2, 0.25) is 0 Å². The van der Waals surface area contributed by atoms with Crippen LogP contribution in [-0.2, 0) is 0 Å². The standard InChI is InChI=1S/C24H19N3/c1-18(24-17-25-27-26-24)21-13-15-23(16-14-21)22-11-9-20(10-12-22)8-7-19-5-3-2-4-6-19/h2-17H,1H2,(H,25,26,27)/b8-7+. The van der Waals surface area contributed by atoms with E-state index in [1.54, 1.807) is 6.20 Å². The van der Waals surface area contributed by atoms with Crippen molar-refractivity contribution in [3.8, 4) is 11.1 Å². The molecule has 3 aromatic carbocycles. The number of aromatic nitrogens is 3. The number of aromatic amines is 1. The molecule has 0 fully saturated rings. The Bertz CT molecular complexity index is 1040. The van der Waals surface area contributed by atoms with Gasteiger partial charge in [-0.25, -0.2) is 0 Å². The van der Waals surface area contributed by atoms with Crippen LogP contribution in [0, 0.1) is 0 Å². The fraction of sp³-hybridized carbons (Fsp3) is 0. The first-order valence-corrected chi connectivity index (χ1v) is 8.79. The minimum absolute atomic E-state index is 0.761. The van der Waals surface area contributed by atoms with Gasteiger partial charge in [0.1, 0.15) is 5.69 Å². The Morgan fingerprint density at radius 3 is 1.93 bits per heavy atom. The molecule has 4 rings (SSSR count). The molecule has 0 atom stereocenters. The van der Waals surface area contributed by atoms with Crippen LogP contribution in [-0.4, -0.2) is 15.4 Å². The summed E-state index contributed by atoms with van der Waals surface area (Å²) in [5, 5.41) is 10.5. The minimum Gasteiger partial charge on any atom is -0.265 e. The van der Waals surface area contributed by atoms with Gasteiger partial charge in [0.25, 0.3) is 0 Å². The Labute approximate surface area is 158 Å². The summed E-state index contributed by atoms with van der Waals surface area (Å²) >= 11 is 0. The van der Waals surface area contributed by atoms with Crippen LogP contribution in [0.4, 0.5) is 0 Å². The molecule has 0 saturated heterocycles. The lowest BCUT2D eigenvalue weighted by atomic mass is 9.99. The molecule has 0 aliphatic heterocycles. The van der Waals surface area contributed by atoms with Crippen LogP contribution < -0.4 is 0 Å². The summed E-state index contributed by atoms with van der Waals surface area (Å²) in [5.41, 5.74) is 7.39. The number of H-pyrrole nitrogens is 1. The first-order chi connectivity index (χ1) is 13.3. The highest BCUT2D eigenvalue weighted by Crippen LogP contribution is 2.25. The van der Waals surface area contributed by atoms with Gasteiger partial charge in [0, 0.05) is 11.8 Å². The van der Waals surface area contributed by atoms with Crippen LogP contribution in [0.15, 0.2) is 91.6 Å². The van der Waals surface area contributed by atoms with E-state index < -0.39 is 0 Å². The van der Waals surface area contributed by atoms with Crippen molar-refractivity contribution in [2.45, 2.75) is 0 Å². The molecule has 3 nitrogen and oxygen atoms in total. The lowest BCUT2D eigenvalue weighted by molar-refractivity contribution is 0.936. The Hall–Kier alpha value is -3.72.